The standard InChI is InChI=1S/C13H10N2O2/c1-17-13(16)8-7-12-9-10-14-15(12)11-5-3-2-4-6-11/h2-6,9-10H,1H3. The quantitative estimate of drug-likeness (QED) is 0.545. The molecule has 1 heterocycles. The van der Waals surface area contributed by atoms with Gasteiger partial charge in [-0.3, -0.25) is 0 Å². The molecule has 1 aromatic carbocycles. The van der Waals surface area contributed by atoms with Crippen LogP contribution >= 0.6 is 0 Å². The SMILES string of the molecule is COC(=O)C#Cc1ccnn1-c1ccccc1. The highest BCUT2D eigenvalue weighted by Crippen LogP contribution is 2.08. The first kappa shape index (κ1) is 11.0. The number of esters is 1. The van der Waals surface area contributed by atoms with Crippen LogP contribution in [0.2, 0.25) is 0 Å². The number of hydrogen-bond donors (Lipinski definition) is 0. The number of benzene rings is 1. The summed E-state index contributed by atoms with van der Waals surface area (Å²) < 4.78 is 6.11. The summed E-state index contributed by atoms with van der Waals surface area (Å²) in [7, 11) is 1.30. The molecule has 4 nitrogen and oxygen atoms in total. The lowest BCUT2D eigenvalue weighted by molar-refractivity contribution is -0.133. The third-order valence-electron chi connectivity index (χ3n) is 2.12. The molecule has 2 aromatic rings. The summed E-state index contributed by atoms with van der Waals surface area (Å²) in [5.74, 6) is 4.53. The number of hydrogen-bond acceptors (Lipinski definition) is 3. The molecular formula is C13H10N2O2. The van der Waals surface area contributed by atoms with Gasteiger partial charge in [-0.1, -0.05) is 18.2 Å². The van der Waals surface area contributed by atoms with Gasteiger partial charge >= 0.3 is 5.97 Å². The molecule has 0 spiro atoms. The zero-order valence-electron chi connectivity index (χ0n) is 9.25. The maximum atomic E-state index is 10.9. The van der Waals surface area contributed by atoms with Crippen molar-refractivity contribution in [2.45, 2.75) is 0 Å². The molecule has 2 rings (SSSR count). The largest absolute Gasteiger partial charge is 0.459 e. The fourth-order valence-corrected chi connectivity index (χ4v) is 1.34. The highest BCUT2D eigenvalue weighted by molar-refractivity contribution is 5.88. The van der Waals surface area contributed by atoms with E-state index in [1.165, 1.54) is 7.11 Å². The van der Waals surface area contributed by atoms with Crippen LogP contribution in [0, 0.1) is 11.8 Å². The van der Waals surface area contributed by atoms with E-state index in [9.17, 15) is 4.79 Å². The van der Waals surface area contributed by atoms with E-state index in [-0.39, 0.29) is 0 Å². The number of carbonyl (C=O) groups is 1. The van der Waals surface area contributed by atoms with Gasteiger partial charge in [-0.05, 0) is 24.1 Å². The van der Waals surface area contributed by atoms with Crippen LogP contribution in [0.3, 0.4) is 0 Å². The fraction of sp³-hybridized carbons (Fsp3) is 0.0769. The smallest absolute Gasteiger partial charge is 0.384 e. The first-order valence-electron chi connectivity index (χ1n) is 5.00. The number of para-hydroxylation sites is 1. The van der Waals surface area contributed by atoms with E-state index in [2.05, 4.69) is 21.7 Å². The van der Waals surface area contributed by atoms with E-state index in [1.807, 2.05) is 30.3 Å². The number of ether oxygens (including phenoxy) is 1. The van der Waals surface area contributed by atoms with Crippen LogP contribution in [0.5, 0.6) is 0 Å². The van der Waals surface area contributed by atoms with Crippen LogP contribution in [-0.2, 0) is 9.53 Å². The van der Waals surface area contributed by atoms with Crippen LogP contribution in [0.1, 0.15) is 5.69 Å². The normalized spacial score (nSPS) is 9.24. The Hall–Kier alpha value is -2.54. The molecule has 0 N–H and O–H groups in total. The Morgan fingerprint density at radius 1 is 1.29 bits per heavy atom. The molecule has 0 radical (unpaired) electrons. The number of carbonyl (C=O) groups excluding carboxylic acids is 1. The molecule has 0 aliphatic carbocycles. The average Bonchev–Trinajstić information content (AvgIpc) is 2.85. The number of aromatic nitrogens is 2. The summed E-state index contributed by atoms with van der Waals surface area (Å²) in [6.45, 7) is 0. The zero-order chi connectivity index (χ0) is 12.1. The Balaban J connectivity index is 2.35. The van der Waals surface area contributed by atoms with Crippen molar-refractivity contribution in [2.75, 3.05) is 7.11 Å². The van der Waals surface area contributed by atoms with Crippen LogP contribution in [0.15, 0.2) is 42.6 Å². The predicted octanol–water partition coefficient (Wildman–Crippen LogP) is 1.40. The minimum Gasteiger partial charge on any atom is -0.459 e. The molecule has 1 aromatic heterocycles. The minimum absolute atomic E-state index is 0.564. The molecule has 0 aliphatic heterocycles. The van der Waals surface area contributed by atoms with Gasteiger partial charge in [-0.2, -0.15) is 5.10 Å². The molecular weight excluding hydrogens is 216 g/mol. The molecule has 0 unspecified atom stereocenters. The Labute approximate surface area is 98.8 Å². The second kappa shape index (κ2) is 4.99. The first-order chi connectivity index (χ1) is 8.31. The average molecular weight is 226 g/mol. The van der Waals surface area contributed by atoms with Gasteiger partial charge in [0.1, 0.15) is 5.69 Å². The number of nitrogens with zero attached hydrogens (tertiary/aromatic N) is 2. The van der Waals surface area contributed by atoms with Gasteiger partial charge in [0.05, 0.1) is 19.0 Å². The van der Waals surface area contributed by atoms with Crippen molar-refractivity contribution in [1.82, 2.24) is 9.78 Å². The molecule has 0 saturated heterocycles. The Morgan fingerprint density at radius 2 is 2.06 bits per heavy atom. The fourth-order valence-electron chi connectivity index (χ4n) is 1.34. The highest BCUT2D eigenvalue weighted by Gasteiger charge is 2.01. The summed E-state index contributed by atoms with van der Waals surface area (Å²) in [5, 5.41) is 4.15. The van der Waals surface area contributed by atoms with Crippen molar-refractivity contribution in [3.63, 3.8) is 0 Å². The Kier molecular flexibility index (Phi) is 3.22. The van der Waals surface area contributed by atoms with E-state index < -0.39 is 5.97 Å². The highest BCUT2D eigenvalue weighted by atomic mass is 16.5. The molecule has 0 amide bonds. The van der Waals surface area contributed by atoms with Crippen molar-refractivity contribution in [2.24, 2.45) is 0 Å². The maximum absolute atomic E-state index is 10.9. The van der Waals surface area contributed by atoms with Crippen LogP contribution in [-0.4, -0.2) is 22.9 Å². The summed E-state index contributed by atoms with van der Waals surface area (Å²) in [6.07, 6.45) is 1.63. The molecule has 0 aliphatic rings. The van der Waals surface area contributed by atoms with Crippen molar-refractivity contribution >= 4 is 5.97 Å². The molecule has 0 fully saturated rings. The lowest BCUT2D eigenvalue weighted by atomic mass is 10.3. The second-order valence-electron chi connectivity index (χ2n) is 3.21. The zero-order valence-corrected chi connectivity index (χ0v) is 9.25. The van der Waals surface area contributed by atoms with Crippen molar-refractivity contribution in [1.29, 1.82) is 0 Å². The summed E-state index contributed by atoms with van der Waals surface area (Å²) in [4.78, 5) is 10.9. The molecule has 0 atom stereocenters. The van der Waals surface area contributed by atoms with Gasteiger partial charge < -0.3 is 4.74 Å². The lowest BCUT2D eigenvalue weighted by Gasteiger charge is -2.01. The third-order valence-corrected chi connectivity index (χ3v) is 2.12. The number of methoxy groups -OCH3 is 1. The van der Waals surface area contributed by atoms with Crippen LogP contribution < -0.4 is 0 Å². The van der Waals surface area contributed by atoms with E-state index in [4.69, 9.17) is 0 Å². The third kappa shape index (κ3) is 2.52. The van der Waals surface area contributed by atoms with Gasteiger partial charge in [0.25, 0.3) is 0 Å². The predicted molar refractivity (Wildman–Crippen MR) is 62.5 cm³/mol. The Bertz CT molecular complexity index is 576. The first-order valence-corrected chi connectivity index (χ1v) is 5.00. The van der Waals surface area contributed by atoms with Gasteiger partial charge in [0.2, 0.25) is 0 Å². The monoisotopic (exact) mass is 226 g/mol. The second-order valence-corrected chi connectivity index (χ2v) is 3.21. The van der Waals surface area contributed by atoms with E-state index in [0.29, 0.717) is 5.69 Å². The van der Waals surface area contributed by atoms with Crippen molar-refractivity contribution < 1.29 is 9.53 Å². The Morgan fingerprint density at radius 3 is 2.76 bits per heavy atom. The van der Waals surface area contributed by atoms with E-state index in [0.717, 1.165) is 5.69 Å². The molecule has 17 heavy (non-hydrogen) atoms. The van der Waals surface area contributed by atoms with Crippen molar-refractivity contribution in [3.05, 3.63) is 48.3 Å². The van der Waals surface area contributed by atoms with Crippen molar-refractivity contribution in [3.8, 4) is 17.5 Å². The van der Waals surface area contributed by atoms with E-state index >= 15 is 0 Å². The van der Waals surface area contributed by atoms with Crippen LogP contribution in [0.4, 0.5) is 0 Å². The lowest BCUT2D eigenvalue weighted by Crippen LogP contribution is -2.00. The van der Waals surface area contributed by atoms with Gasteiger partial charge in [-0.25, -0.2) is 9.48 Å². The van der Waals surface area contributed by atoms with Gasteiger partial charge in [0, 0.05) is 5.92 Å². The molecule has 0 saturated carbocycles. The van der Waals surface area contributed by atoms with Crippen LogP contribution in [0.25, 0.3) is 5.69 Å². The maximum Gasteiger partial charge on any atom is 0.384 e. The number of rotatable bonds is 1. The molecule has 4 heteroatoms. The van der Waals surface area contributed by atoms with Gasteiger partial charge in [-0.15, -0.1) is 0 Å². The summed E-state index contributed by atoms with van der Waals surface area (Å²) >= 11 is 0. The molecule has 84 valence electrons. The summed E-state index contributed by atoms with van der Waals surface area (Å²) in [5.41, 5.74) is 1.54. The topological polar surface area (TPSA) is 44.1 Å². The summed E-state index contributed by atoms with van der Waals surface area (Å²) in [6, 6.07) is 11.3. The van der Waals surface area contributed by atoms with Gasteiger partial charge in [0.15, 0.2) is 0 Å². The minimum atomic E-state index is -0.564. The molecule has 0 bridgehead atoms. The van der Waals surface area contributed by atoms with E-state index in [1.54, 1.807) is 16.9 Å².